The smallest absolute Gasteiger partial charge is 0.239 e. The highest BCUT2D eigenvalue weighted by Crippen LogP contribution is 2.28. The minimum Gasteiger partial charge on any atom is -0.354 e. The average Bonchev–Trinajstić information content (AvgIpc) is 2.90. The van der Waals surface area contributed by atoms with Crippen LogP contribution < -0.4 is 10.2 Å². The van der Waals surface area contributed by atoms with Crippen LogP contribution in [0.25, 0.3) is 22.2 Å². The van der Waals surface area contributed by atoms with E-state index in [0.29, 0.717) is 6.54 Å². The Kier molecular flexibility index (Phi) is 3.42. The fourth-order valence-corrected chi connectivity index (χ4v) is 2.92. The minimum absolute atomic E-state index is 0.0416. The number of nitrogens with one attached hydrogen (secondary N) is 2. The van der Waals surface area contributed by atoms with E-state index in [1.54, 1.807) is 6.20 Å². The topological polar surface area (TPSA) is 73.9 Å². The molecule has 1 aliphatic heterocycles. The molecule has 4 rings (SSSR count). The second kappa shape index (κ2) is 5.72. The molecule has 0 aliphatic carbocycles. The SMILES string of the molecule is O=C1CN(c2cc(-c3n[nH]c4ccccc34)ccn2)CCCN1. The molecule has 0 spiro atoms. The first kappa shape index (κ1) is 13.8. The van der Waals surface area contributed by atoms with Crippen LogP contribution in [0.4, 0.5) is 5.82 Å². The molecule has 3 aromatic rings. The lowest BCUT2D eigenvalue weighted by Crippen LogP contribution is -2.33. The number of fused-ring (bicyclic) bond motifs is 1. The molecule has 1 aromatic carbocycles. The quantitative estimate of drug-likeness (QED) is 0.759. The van der Waals surface area contributed by atoms with Gasteiger partial charge in [-0.05, 0) is 24.6 Å². The van der Waals surface area contributed by atoms with Gasteiger partial charge in [0.05, 0.1) is 12.1 Å². The molecular weight excluding hydrogens is 290 g/mol. The van der Waals surface area contributed by atoms with Gasteiger partial charge in [-0.3, -0.25) is 9.89 Å². The van der Waals surface area contributed by atoms with Crippen LogP contribution in [0.5, 0.6) is 0 Å². The van der Waals surface area contributed by atoms with Gasteiger partial charge in [0, 0.05) is 30.2 Å². The summed E-state index contributed by atoms with van der Waals surface area (Å²) in [5, 5.41) is 11.5. The van der Waals surface area contributed by atoms with Crippen LogP contribution in [0.15, 0.2) is 42.6 Å². The van der Waals surface area contributed by atoms with Gasteiger partial charge in [0.25, 0.3) is 0 Å². The normalized spacial score (nSPS) is 15.5. The highest BCUT2D eigenvalue weighted by Gasteiger charge is 2.17. The van der Waals surface area contributed by atoms with E-state index in [0.717, 1.165) is 47.5 Å². The van der Waals surface area contributed by atoms with E-state index in [2.05, 4.69) is 20.5 Å². The van der Waals surface area contributed by atoms with Crippen molar-refractivity contribution in [2.45, 2.75) is 6.42 Å². The van der Waals surface area contributed by atoms with Crippen LogP contribution in [0.2, 0.25) is 0 Å². The van der Waals surface area contributed by atoms with Gasteiger partial charge in [-0.15, -0.1) is 0 Å². The molecule has 0 atom stereocenters. The fraction of sp³-hybridized carbons (Fsp3) is 0.235. The average molecular weight is 307 g/mol. The Bertz CT molecular complexity index is 857. The van der Waals surface area contributed by atoms with Crippen LogP contribution in [-0.4, -0.2) is 40.7 Å². The Morgan fingerprint density at radius 2 is 2.09 bits per heavy atom. The number of H-pyrrole nitrogens is 1. The van der Waals surface area contributed by atoms with Crippen LogP contribution in [0, 0.1) is 0 Å². The predicted molar refractivity (Wildman–Crippen MR) is 89.2 cm³/mol. The van der Waals surface area contributed by atoms with Gasteiger partial charge >= 0.3 is 0 Å². The number of para-hydroxylation sites is 1. The molecule has 3 heterocycles. The molecule has 23 heavy (non-hydrogen) atoms. The number of hydrogen-bond acceptors (Lipinski definition) is 4. The van der Waals surface area contributed by atoms with E-state index in [4.69, 9.17) is 0 Å². The van der Waals surface area contributed by atoms with Crippen LogP contribution in [-0.2, 0) is 4.79 Å². The number of rotatable bonds is 2. The largest absolute Gasteiger partial charge is 0.354 e. The van der Waals surface area contributed by atoms with E-state index >= 15 is 0 Å². The summed E-state index contributed by atoms with van der Waals surface area (Å²) in [7, 11) is 0. The zero-order valence-corrected chi connectivity index (χ0v) is 12.6. The summed E-state index contributed by atoms with van der Waals surface area (Å²) in [6.07, 6.45) is 2.69. The van der Waals surface area contributed by atoms with Crippen LogP contribution in [0.3, 0.4) is 0 Å². The Labute approximate surface area is 133 Å². The second-order valence-electron chi connectivity index (χ2n) is 5.65. The summed E-state index contributed by atoms with van der Waals surface area (Å²) >= 11 is 0. The molecule has 1 aliphatic rings. The van der Waals surface area contributed by atoms with Crippen molar-refractivity contribution in [1.29, 1.82) is 0 Å². The second-order valence-corrected chi connectivity index (χ2v) is 5.65. The number of aromatic amines is 1. The predicted octanol–water partition coefficient (Wildman–Crippen LogP) is 1.95. The molecule has 1 saturated heterocycles. The Morgan fingerprint density at radius 3 is 3.04 bits per heavy atom. The number of aromatic nitrogens is 3. The van der Waals surface area contributed by atoms with Crippen molar-refractivity contribution in [3.05, 3.63) is 42.6 Å². The molecule has 6 nitrogen and oxygen atoms in total. The van der Waals surface area contributed by atoms with Crippen molar-refractivity contribution in [2.24, 2.45) is 0 Å². The standard InChI is InChI=1S/C17H17N5O/c23-16-11-22(9-3-7-19-16)15-10-12(6-8-18-15)17-13-4-1-2-5-14(13)20-21-17/h1-2,4-6,8,10H,3,7,9,11H2,(H,19,23)(H,20,21). The van der Waals surface area contributed by atoms with E-state index in [1.165, 1.54) is 0 Å². The molecule has 1 fully saturated rings. The summed E-state index contributed by atoms with van der Waals surface area (Å²) in [5.74, 6) is 0.853. The lowest BCUT2D eigenvalue weighted by Gasteiger charge is -2.20. The zero-order valence-electron chi connectivity index (χ0n) is 12.6. The van der Waals surface area contributed by atoms with Gasteiger partial charge in [0.2, 0.25) is 5.91 Å². The summed E-state index contributed by atoms with van der Waals surface area (Å²) in [5.41, 5.74) is 2.91. The number of amides is 1. The first-order valence-electron chi connectivity index (χ1n) is 7.72. The number of nitrogens with zero attached hydrogens (tertiary/aromatic N) is 3. The Morgan fingerprint density at radius 1 is 1.17 bits per heavy atom. The lowest BCUT2D eigenvalue weighted by atomic mass is 10.1. The number of carbonyl (C=O) groups excluding carboxylic acids is 1. The maximum absolute atomic E-state index is 11.8. The lowest BCUT2D eigenvalue weighted by molar-refractivity contribution is -0.119. The number of hydrogen-bond donors (Lipinski definition) is 2. The fourth-order valence-electron chi connectivity index (χ4n) is 2.92. The van der Waals surface area contributed by atoms with Gasteiger partial charge in [0.1, 0.15) is 11.5 Å². The van der Waals surface area contributed by atoms with Crippen molar-refractivity contribution >= 4 is 22.6 Å². The van der Waals surface area contributed by atoms with Crippen LogP contribution >= 0.6 is 0 Å². The molecule has 2 N–H and O–H groups in total. The van der Waals surface area contributed by atoms with Crippen molar-refractivity contribution in [3.8, 4) is 11.3 Å². The van der Waals surface area contributed by atoms with Crippen molar-refractivity contribution in [3.63, 3.8) is 0 Å². The van der Waals surface area contributed by atoms with Crippen molar-refractivity contribution in [1.82, 2.24) is 20.5 Å². The first-order valence-corrected chi connectivity index (χ1v) is 7.72. The Hall–Kier alpha value is -2.89. The maximum Gasteiger partial charge on any atom is 0.239 e. The highest BCUT2D eigenvalue weighted by molar-refractivity contribution is 5.93. The summed E-state index contributed by atoms with van der Waals surface area (Å²) < 4.78 is 0. The van der Waals surface area contributed by atoms with Gasteiger partial charge in [-0.2, -0.15) is 5.10 Å². The minimum atomic E-state index is 0.0416. The Balaban J connectivity index is 1.72. The van der Waals surface area contributed by atoms with E-state index < -0.39 is 0 Å². The van der Waals surface area contributed by atoms with Gasteiger partial charge < -0.3 is 10.2 Å². The monoisotopic (exact) mass is 307 g/mol. The van der Waals surface area contributed by atoms with Gasteiger partial charge in [-0.25, -0.2) is 4.98 Å². The highest BCUT2D eigenvalue weighted by atomic mass is 16.2. The molecule has 2 aromatic heterocycles. The number of carbonyl (C=O) groups is 1. The third-order valence-corrected chi connectivity index (χ3v) is 4.07. The molecule has 1 amide bonds. The first-order chi connectivity index (χ1) is 11.3. The molecule has 0 saturated carbocycles. The maximum atomic E-state index is 11.8. The third-order valence-electron chi connectivity index (χ3n) is 4.07. The van der Waals surface area contributed by atoms with Crippen LogP contribution in [0.1, 0.15) is 6.42 Å². The van der Waals surface area contributed by atoms with Gasteiger partial charge in [-0.1, -0.05) is 18.2 Å². The number of anilines is 1. The molecule has 0 bridgehead atoms. The molecule has 6 heteroatoms. The summed E-state index contributed by atoms with van der Waals surface area (Å²) in [6, 6.07) is 12.0. The van der Waals surface area contributed by atoms with Crippen molar-refractivity contribution < 1.29 is 4.79 Å². The molecule has 0 radical (unpaired) electrons. The molecular formula is C17H17N5O. The molecule has 116 valence electrons. The summed E-state index contributed by atoms with van der Waals surface area (Å²) in [4.78, 5) is 18.2. The molecule has 0 unspecified atom stereocenters. The zero-order chi connectivity index (χ0) is 15.6. The third kappa shape index (κ3) is 2.63. The number of pyridine rings is 1. The summed E-state index contributed by atoms with van der Waals surface area (Å²) in [6.45, 7) is 1.88. The van der Waals surface area contributed by atoms with E-state index in [-0.39, 0.29) is 5.91 Å². The van der Waals surface area contributed by atoms with E-state index in [1.807, 2.05) is 41.3 Å². The van der Waals surface area contributed by atoms with Crippen molar-refractivity contribution in [2.75, 3.05) is 24.5 Å². The number of benzene rings is 1. The van der Waals surface area contributed by atoms with E-state index in [9.17, 15) is 4.79 Å². The van der Waals surface area contributed by atoms with Gasteiger partial charge in [0.15, 0.2) is 0 Å².